The Morgan fingerprint density at radius 2 is 2.19 bits per heavy atom. The first kappa shape index (κ1) is 11.9. The molecule has 88 valence electrons. The number of hydrogen-bond donors (Lipinski definition) is 1. The predicted octanol–water partition coefficient (Wildman–Crippen LogP) is 3.55. The van der Waals surface area contributed by atoms with Gasteiger partial charge in [0.05, 0.1) is 0 Å². The van der Waals surface area contributed by atoms with Crippen molar-refractivity contribution in [1.82, 2.24) is 5.32 Å². The van der Waals surface area contributed by atoms with Crippen LogP contribution in [0.1, 0.15) is 31.2 Å². The third kappa shape index (κ3) is 3.19. The third-order valence-corrected chi connectivity index (χ3v) is 3.37. The van der Waals surface area contributed by atoms with Gasteiger partial charge in [0.2, 0.25) is 0 Å². The topological polar surface area (TPSA) is 12.0 Å². The lowest BCUT2D eigenvalue weighted by atomic mass is 10.0. The molecule has 0 aromatic heterocycles. The number of nitrogens with one attached hydrogen (secondary N) is 1. The standard InChI is InChI=1S/C13H17ClFN/c14-11-5-6-13(15)10(8-11)9-12-4-2-1-3-7-16-12/h5-6,8,12,16H,1-4,7,9H2. The molecule has 1 heterocycles. The van der Waals surface area contributed by atoms with E-state index in [9.17, 15) is 4.39 Å². The van der Waals surface area contributed by atoms with Crippen molar-refractivity contribution in [2.75, 3.05) is 6.54 Å². The monoisotopic (exact) mass is 241 g/mol. The lowest BCUT2D eigenvalue weighted by Crippen LogP contribution is -2.30. The van der Waals surface area contributed by atoms with E-state index in [0.29, 0.717) is 11.1 Å². The highest BCUT2D eigenvalue weighted by Crippen LogP contribution is 2.19. The molecule has 1 unspecified atom stereocenters. The Balaban J connectivity index is 2.04. The molecule has 0 aliphatic carbocycles. The summed E-state index contributed by atoms with van der Waals surface area (Å²) < 4.78 is 13.5. The molecule has 1 atom stereocenters. The maximum absolute atomic E-state index is 13.5. The molecule has 2 rings (SSSR count). The van der Waals surface area contributed by atoms with Crippen molar-refractivity contribution in [2.45, 2.75) is 38.1 Å². The van der Waals surface area contributed by atoms with Crippen LogP contribution >= 0.6 is 11.6 Å². The van der Waals surface area contributed by atoms with Crippen LogP contribution < -0.4 is 5.32 Å². The molecule has 0 spiro atoms. The molecule has 1 aromatic carbocycles. The van der Waals surface area contributed by atoms with Crippen LogP contribution in [0.4, 0.5) is 4.39 Å². The van der Waals surface area contributed by atoms with Crippen LogP contribution in [-0.2, 0) is 6.42 Å². The molecule has 0 bridgehead atoms. The smallest absolute Gasteiger partial charge is 0.126 e. The highest BCUT2D eigenvalue weighted by atomic mass is 35.5. The first-order valence-electron chi connectivity index (χ1n) is 5.93. The Kier molecular flexibility index (Phi) is 4.19. The summed E-state index contributed by atoms with van der Waals surface area (Å²) in [6, 6.07) is 5.19. The zero-order valence-corrected chi connectivity index (χ0v) is 10.1. The van der Waals surface area contributed by atoms with Gasteiger partial charge < -0.3 is 5.32 Å². The SMILES string of the molecule is Fc1ccc(Cl)cc1CC1CCCCCN1. The van der Waals surface area contributed by atoms with Crippen molar-refractivity contribution in [1.29, 1.82) is 0 Å². The van der Waals surface area contributed by atoms with Crippen molar-refractivity contribution in [3.05, 3.63) is 34.6 Å². The first-order chi connectivity index (χ1) is 7.75. The van der Waals surface area contributed by atoms with Crippen molar-refractivity contribution >= 4 is 11.6 Å². The minimum absolute atomic E-state index is 0.143. The van der Waals surface area contributed by atoms with Gasteiger partial charge in [-0.1, -0.05) is 24.4 Å². The summed E-state index contributed by atoms with van der Waals surface area (Å²) in [6.45, 7) is 1.05. The number of rotatable bonds is 2. The molecule has 0 amide bonds. The quantitative estimate of drug-likeness (QED) is 0.835. The molecule has 1 aliphatic rings. The Bertz CT molecular complexity index is 346. The van der Waals surface area contributed by atoms with Crippen molar-refractivity contribution in [3.63, 3.8) is 0 Å². The Labute approximate surface area is 101 Å². The van der Waals surface area contributed by atoms with Gasteiger partial charge >= 0.3 is 0 Å². The second kappa shape index (κ2) is 5.65. The van der Waals surface area contributed by atoms with E-state index in [-0.39, 0.29) is 5.82 Å². The average molecular weight is 242 g/mol. The Morgan fingerprint density at radius 3 is 3.06 bits per heavy atom. The lowest BCUT2D eigenvalue weighted by molar-refractivity contribution is 0.494. The van der Waals surface area contributed by atoms with Gasteiger partial charge in [0.15, 0.2) is 0 Å². The van der Waals surface area contributed by atoms with E-state index in [2.05, 4.69) is 5.32 Å². The number of hydrogen-bond acceptors (Lipinski definition) is 1. The molecule has 1 nitrogen and oxygen atoms in total. The van der Waals surface area contributed by atoms with Crippen molar-refractivity contribution < 1.29 is 4.39 Å². The van der Waals surface area contributed by atoms with Crippen LogP contribution in [0.3, 0.4) is 0 Å². The molecule has 0 saturated carbocycles. The second-order valence-electron chi connectivity index (χ2n) is 4.44. The molecule has 16 heavy (non-hydrogen) atoms. The van der Waals surface area contributed by atoms with Gasteiger partial charge in [0.1, 0.15) is 5.82 Å². The fourth-order valence-electron chi connectivity index (χ4n) is 2.24. The minimum Gasteiger partial charge on any atom is -0.314 e. The summed E-state index contributed by atoms with van der Waals surface area (Å²) in [7, 11) is 0. The molecule has 1 aromatic rings. The van der Waals surface area contributed by atoms with E-state index in [0.717, 1.165) is 24.9 Å². The molecular weight excluding hydrogens is 225 g/mol. The average Bonchev–Trinajstić information content (AvgIpc) is 2.52. The molecule has 1 N–H and O–H groups in total. The van der Waals surface area contributed by atoms with E-state index in [1.165, 1.54) is 25.3 Å². The van der Waals surface area contributed by atoms with E-state index in [1.807, 2.05) is 0 Å². The van der Waals surface area contributed by atoms with E-state index >= 15 is 0 Å². The number of benzene rings is 1. The highest BCUT2D eigenvalue weighted by Gasteiger charge is 2.14. The van der Waals surface area contributed by atoms with Gasteiger partial charge in [-0.15, -0.1) is 0 Å². The summed E-state index contributed by atoms with van der Waals surface area (Å²) in [4.78, 5) is 0. The largest absolute Gasteiger partial charge is 0.314 e. The summed E-state index contributed by atoms with van der Waals surface area (Å²) in [5.41, 5.74) is 0.729. The van der Waals surface area contributed by atoms with Gasteiger partial charge in [0.25, 0.3) is 0 Å². The zero-order valence-electron chi connectivity index (χ0n) is 9.31. The fourth-order valence-corrected chi connectivity index (χ4v) is 2.43. The van der Waals surface area contributed by atoms with Gasteiger partial charge in [-0.2, -0.15) is 0 Å². The first-order valence-corrected chi connectivity index (χ1v) is 6.31. The molecule has 1 fully saturated rings. The summed E-state index contributed by atoms with van der Waals surface area (Å²) in [5, 5.41) is 4.08. The van der Waals surface area contributed by atoms with Gasteiger partial charge in [-0.05, 0) is 49.6 Å². The summed E-state index contributed by atoms with van der Waals surface area (Å²) in [6.07, 6.45) is 5.62. The van der Waals surface area contributed by atoms with Crippen molar-refractivity contribution in [2.24, 2.45) is 0 Å². The molecule has 3 heteroatoms. The van der Waals surface area contributed by atoms with Crippen LogP contribution in [0.2, 0.25) is 5.02 Å². The zero-order chi connectivity index (χ0) is 11.4. The van der Waals surface area contributed by atoms with Crippen molar-refractivity contribution in [3.8, 4) is 0 Å². The van der Waals surface area contributed by atoms with Gasteiger partial charge in [-0.3, -0.25) is 0 Å². The van der Waals surface area contributed by atoms with Crippen LogP contribution in [0.25, 0.3) is 0 Å². The summed E-state index contributed by atoms with van der Waals surface area (Å²) in [5.74, 6) is -0.143. The third-order valence-electron chi connectivity index (χ3n) is 3.14. The van der Waals surface area contributed by atoms with E-state index < -0.39 is 0 Å². The van der Waals surface area contributed by atoms with Gasteiger partial charge in [0, 0.05) is 11.1 Å². The van der Waals surface area contributed by atoms with Crippen LogP contribution in [-0.4, -0.2) is 12.6 Å². The number of halogens is 2. The Hall–Kier alpha value is -0.600. The fraction of sp³-hybridized carbons (Fsp3) is 0.538. The van der Waals surface area contributed by atoms with E-state index in [1.54, 1.807) is 12.1 Å². The molecule has 1 saturated heterocycles. The summed E-state index contributed by atoms with van der Waals surface area (Å²) >= 11 is 5.88. The van der Waals surface area contributed by atoms with Crippen LogP contribution in [0, 0.1) is 5.82 Å². The highest BCUT2D eigenvalue weighted by molar-refractivity contribution is 6.30. The predicted molar refractivity (Wildman–Crippen MR) is 65.4 cm³/mol. The lowest BCUT2D eigenvalue weighted by Gasteiger charge is -2.16. The Morgan fingerprint density at radius 1 is 1.31 bits per heavy atom. The minimum atomic E-state index is -0.143. The maximum atomic E-state index is 13.5. The second-order valence-corrected chi connectivity index (χ2v) is 4.88. The van der Waals surface area contributed by atoms with E-state index in [4.69, 9.17) is 11.6 Å². The van der Waals surface area contributed by atoms with Crippen LogP contribution in [0.15, 0.2) is 18.2 Å². The molecule has 1 aliphatic heterocycles. The normalized spacial score (nSPS) is 21.8. The maximum Gasteiger partial charge on any atom is 0.126 e. The van der Waals surface area contributed by atoms with Crippen LogP contribution in [0.5, 0.6) is 0 Å². The van der Waals surface area contributed by atoms with Gasteiger partial charge in [-0.25, -0.2) is 4.39 Å². The molecule has 0 radical (unpaired) electrons. The molecular formula is C13H17ClFN.